The number of carboxylic acids is 1. The van der Waals surface area contributed by atoms with Gasteiger partial charge in [-0.1, -0.05) is 0 Å². The molecule has 0 saturated carbocycles. The molecule has 0 aromatic rings. The molecule has 16 heavy (non-hydrogen) atoms. The maximum Gasteiger partial charge on any atom is 0.324 e. The molecule has 0 aromatic heterocycles. The van der Waals surface area contributed by atoms with Crippen LogP contribution in [-0.2, 0) is 4.79 Å². The van der Waals surface area contributed by atoms with Crippen molar-refractivity contribution in [1.29, 1.82) is 0 Å². The van der Waals surface area contributed by atoms with E-state index in [4.69, 9.17) is 0 Å². The van der Waals surface area contributed by atoms with Gasteiger partial charge in [-0.2, -0.15) is 0 Å². The minimum absolute atomic E-state index is 0.307. The number of likely N-dealkylation sites (tertiary alicyclic amines) is 1. The van der Waals surface area contributed by atoms with Gasteiger partial charge in [-0.05, 0) is 64.7 Å². The second-order valence-corrected chi connectivity index (χ2v) is 5.24. The van der Waals surface area contributed by atoms with Crippen LogP contribution in [0.15, 0.2) is 0 Å². The van der Waals surface area contributed by atoms with Gasteiger partial charge >= 0.3 is 5.97 Å². The van der Waals surface area contributed by atoms with Gasteiger partial charge in [0.2, 0.25) is 0 Å². The Bertz CT molecular complexity index is 254. The van der Waals surface area contributed by atoms with Crippen molar-refractivity contribution >= 4 is 5.97 Å². The average molecular weight is 226 g/mol. The zero-order chi connectivity index (χ0) is 11.6. The highest BCUT2D eigenvalue weighted by atomic mass is 16.4. The van der Waals surface area contributed by atoms with Gasteiger partial charge in [0.15, 0.2) is 0 Å². The number of carbonyl (C=O) groups is 1. The third-order valence-electron chi connectivity index (χ3n) is 4.24. The monoisotopic (exact) mass is 226 g/mol. The van der Waals surface area contributed by atoms with Crippen LogP contribution in [0.5, 0.6) is 0 Å². The summed E-state index contributed by atoms with van der Waals surface area (Å²) in [5.74, 6) is -0.330. The molecule has 0 radical (unpaired) electrons. The zero-order valence-corrected chi connectivity index (χ0v) is 10.0. The number of carboxylic acid groups (broad SMARTS) is 1. The van der Waals surface area contributed by atoms with Crippen LogP contribution in [0.1, 0.15) is 32.1 Å². The lowest BCUT2D eigenvalue weighted by Crippen LogP contribution is -2.61. The van der Waals surface area contributed by atoms with Gasteiger partial charge in [-0.25, -0.2) is 0 Å². The summed E-state index contributed by atoms with van der Waals surface area (Å²) < 4.78 is 0. The number of nitrogens with zero attached hydrogens (tertiary/aromatic N) is 1. The van der Waals surface area contributed by atoms with E-state index in [0.717, 1.165) is 51.7 Å². The second kappa shape index (κ2) is 4.72. The van der Waals surface area contributed by atoms with Crippen molar-refractivity contribution in [3.8, 4) is 0 Å². The Labute approximate surface area is 97.0 Å². The summed E-state index contributed by atoms with van der Waals surface area (Å²) in [6, 6.07) is 0. The highest BCUT2D eigenvalue weighted by molar-refractivity contribution is 5.79. The Morgan fingerprint density at radius 1 is 1.38 bits per heavy atom. The zero-order valence-electron chi connectivity index (χ0n) is 10.0. The van der Waals surface area contributed by atoms with Gasteiger partial charge in [-0.15, -0.1) is 0 Å². The number of hydrogen-bond acceptors (Lipinski definition) is 3. The molecule has 2 aliphatic heterocycles. The Balaban J connectivity index is 2.09. The number of aliphatic carboxylic acids is 1. The lowest BCUT2D eigenvalue weighted by molar-refractivity contribution is -0.150. The summed E-state index contributed by atoms with van der Waals surface area (Å²) in [6.07, 6.45) is 4.98. The van der Waals surface area contributed by atoms with E-state index in [2.05, 4.69) is 17.3 Å². The van der Waals surface area contributed by atoms with E-state index in [1.807, 2.05) is 0 Å². The Morgan fingerprint density at radius 3 is 2.56 bits per heavy atom. The summed E-state index contributed by atoms with van der Waals surface area (Å²) in [4.78, 5) is 13.9. The Morgan fingerprint density at radius 2 is 2.06 bits per heavy atom. The minimum Gasteiger partial charge on any atom is -0.480 e. The standard InChI is InChI=1S/C12H22N2O2/c1-14-8-4-10(5-9-14)12(11(15)16)6-2-3-7-13-12/h10,13H,2-9H2,1H3,(H,15,16). The van der Waals surface area contributed by atoms with Crippen molar-refractivity contribution < 1.29 is 9.90 Å². The van der Waals surface area contributed by atoms with Gasteiger partial charge in [0.05, 0.1) is 0 Å². The first-order valence-electron chi connectivity index (χ1n) is 6.32. The van der Waals surface area contributed by atoms with E-state index in [1.54, 1.807) is 0 Å². The summed E-state index contributed by atoms with van der Waals surface area (Å²) in [5.41, 5.74) is -0.625. The minimum atomic E-state index is -0.637. The van der Waals surface area contributed by atoms with Crippen LogP contribution in [0, 0.1) is 5.92 Å². The van der Waals surface area contributed by atoms with Crippen molar-refractivity contribution in [3.05, 3.63) is 0 Å². The molecule has 1 atom stereocenters. The van der Waals surface area contributed by atoms with E-state index in [1.165, 1.54) is 0 Å². The van der Waals surface area contributed by atoms with E-state index in [-0.39, 0.29) is 0 Å². The summed E-state index contributed by atoms with van der Waals surface area (Å²) in [7, 11) is 2.11. The summed E-state index contributed by atoms with van der Waals surface area (Å²) >= 11 is 0. The maximum atomic E-state index is 11.6. The van der Waals surface area contributed by atoms with Gasteiger partial charge in [0, 0.05) is 0 Å². The molecule has 92 valence electrons. The van der Waals surface area contributed by atoms with Gasteiger partial charge < -0.3 is 15.3 Å². The van der Waals surface area contributed by atoms with Crippen molar-refractivity contribution in [2.45, 2.75) is 37.6 Å². The topological polar surface area (TPSA) is 52.6 Å². The molecule has 1 unspecified atom stereocenters. The lowest BCUT2D eigenvalue weighted by Gasteiger charge is -2.44. The van der Waals surface area contributed by atoms with Gasteiger partial charge in [0.1, 0.15) is 5.54 Å². The second-order valence-electron chi connectivity index (χ2n) is 5.24. The first kappa shape index (κ1) is 11.9. The van der Waals surface area contributed by atoms with Crippen molar-refractivity contribution in [1.82, 2.24) is 10.2 Å². The summed E-state index contributed by atoms with van der Waals surface area (Å²) in [5, 5.41) is 12.8. The normalized spacial score (nSPS) is 33.8. The highest BCUT2D eigenvalue weighted by Crippen LogP contribution is 2.34. The van der Waals surface area contributed by atoms with Crippen LogP contribution in [0.25, 0.3) is 0 Å². The first-order chi connectivity index (χ1) is 7.65. The molecule has 4 nitrogen and oxygen atoms in total. The molecule has 2 N–H and O–H groups in total. The van der Waals surface area contributed by atoms with Gasteiger partial charge in [0.25, 0.3) is 0 Å². The Kier molecular flexibility index (Phi) is 3.50. The lowest BCUT2D eigenvalue weighted by atomic mass is 9.73. The molecular weight excluding hydrogens is 204 g/mol. The van der Waals surface area contributed by atoms with Crippen LogP contribution in [0.2, 0.25) is 0 Å². The van der Waals surface area contributed by atoms with Crippen LogP contribution < -0.4 is 5.32 Å². The average Bonchev–Trinajstić information content (AvgIpc) is 2.30. The van der Waals surface area contributed by atoms with E-state index >= 15 is 0 Å². The van der Waals surface area contributed by atoms with Crippen LogP contribution in [0.3, 0.4) is 0 Å². The third-order valence-corrected chi connectivity index (χ3v) is 4.24. The molecule has 0 aromatic carbocycles. The molecule has 2 fully saturated rings. The molecule has 0 spiro atoms. The largest absolute Gasteiger partial charge is 0.480 e. The molecule has 0 amide bonds. The molecule has 0 bridgehead atoms. The third kappa shape index (κ3) is 2.09. The van der Waals surface area contributed by atoms with E-state index in [9.17, 15) is 9.90 Å². The number of nitrogens with one attached hydrogen (secondary N) is 1. The highest BCUT2D eigenvalue weighted by Gasteiger charge is 2.46. The first-order valence-corrected chi connectivity index (χ1v) is 6.32. The molecule has 2 rings (SSSR count). The van der Waals surface area contributed by atoms with Crippen molar-refractivity contribution in [2.24, 2.45) is 5.92 Å². The number of rotatable bonds is 2. The predicted molar refractivity (Wildman–Crippen MR) is 62.4 cm³/mol. The van der Waals surface area contributed by atoms with Crippen LogP contribution in [-0.4, -0.2) is 48.2 Å². The predicted octanol–water partition coefficient (Wildman–Crippen LogP) is 0.925. The number of piperidine rings is 2. The van der Waals surface area contributed by atoms with E-state index < -0.39 is 11.5 Å². The summed E-state index contributed by atoms with van der Waals surface area (Å²) in [6.45, 7) is 2.92. The van der Waals surface area contributed by atoms with E-state index in [0.29, 0.717) is 5.92 Å². The molecule has 4 heteroatoms. The smallest absolute Gasteiger partial charge is 0.324 e. The molecule has 0 aliphatic carbocycles. The van der Waals surface area contributed by atoms with Crippen molar-refractivity contribution in [3.63, 3.8) is 0 Å². The SMILES string of the molecule is CN1CCC(C2(C(=O)O)CCCCN2)CC1. The molecular formula is C12H22N2O2. The van der Waals surface area contributed by atoms with Crippen LogP contribution in [0.4, 0.5) is 0 Å². The maximum absolute atomic E-state index is 11.6. The fourth-order valence-corrected chi connectivity index (χ4v) is 3.14. The fourth-order valence-electron chi connectivity index (χ4n) is 3.14. The van der Waals surface area contributed by atoms with Crippen LogP contribution >= 0.6 is 0 Å². The molecule has 2 heterocycles. The van der Waals surface area contributed by atoms with Crippen molar-refractivity contribution in [2.75, 3.05) is 26.7 Å². The number of hydrogen-bond donors (Lipinski definition) is 2. The Hall–Kier alpha value is -0.610. The quantitative estimate of drug-likeness (QED) is 0.735. The molecule has 2 saturated heterocycles. The fraction of sp³-hybridized carbons (Fsp3) is 0.917. The van der Waals surface area contributed by atoms with Gasteiger partial charge in [-0.3, -0.25) is 4.79 Å². The molecule has 2 aliphatic rings.